The molecule has 0 unspecified atom stereocenters. The fourth-order valence-electron chi connectivity index (χ4n) is 4.18. The van der Waals surface area contributed by atoms with E-state index in [1.165, 1.54) is 19.1 Å². The molecular weight excluding hydrogens is 464 g/mol. The largest absolute Gasteiger partial charge is 0.300 e. The maximum atomic E-state index is 13.3. The molecule has 0 aromatic heterocycles. The van der Waals surface area contributed by atoms with Crippen molar-refractivity contribution in [1.29, 1.82) is 0 Å². The second-order valence-corrected chi connectivity index (χ2v) is 10.5. The lowest BCUT2D eigenvalue weighted by atomic mass is 9.89. The molecule has 180 valence electrons. The number of rotatable bonds is 8. The van der Waals surface area contributed by atoms with Crippen LogP contribution in [0.4, 0.5) is 0 Å². The zero-order chi connectivity index (χ0) is 25.3. The van der Waals surface area contributed by atoms with E-state index in [4.69, 9.17) is 0 Å². The van der Waals surface area contributed by atoms with Crippen molar-refractivity contribution >= 4 is 27.6 Å². The summed E-state index contributed by atoms with van der Waals surface area (Å²) in [6, 6.07) is 19.0. The lowest BCUT2D eigenvalue weighted by molar-refractivity contribution is -0.121. The topological polar surface area (TPSA) is 101 Å². The van der Waals surface area contributed by atoms with Crippen molar-refractivity contribution in [2.45, 2.75) is 31.7 Å². The van der Waals surface area contributed by atoms with E-state index in [2.05, 4.69) is 4.72 Å². The van der Waals surface area contributed by atoms with Crippen molar-refractivity contribution in [2.24, 2.45) is 5.92 Å². The van der Waals surface area contributed by atoms with Crippen LogP contribution in [0.5, 0.6) is 0 Å². The Morgan fingerprint density at radius 2 is 1.31 bits per heavy atom. The van der Waals surface area contributed by atoms with E-state index in [1.807, 2.05) is 26.0 Å². The van der Waals surface area contributed by atoms with Crippen LogP contribution in [0.3, 0.4) is 0 Å². The molecule has 0 saturated carbocycles. The van der Waals surface area contributed by atoms with E-state index in [1.54, 1.807) is 48.5 Å². The summed E-state index contributed by atoms with van der Waals surface area (Å²) in [5.41, 5.74) is 2.97. The van der Waals surface area contributed by atoms with Gasteiger partial charge in [-0.1, -0.05) is 59.7 Å². The number of ketones is 1. The van der Waals surface area contributed by atoms with E-state index in [0.717, 1.165) is 16.0 Å². The average Bonchev–Trinajstić information content (AvgIpc) is 3.06. The minimum Gasteiger partial charge on any atom is -0.300 e. The summed E-state index contributed by atoms with van der Waals surface area (Å²) in [6.07, 6.45) is 0. The maximum absolute atomic E-state index is 13.3. The first-order chi connectivity index (χ1) is 16.6. The van der Waals surface area contributed by atoms with Crippen molar-refractivity contribution in [1.82, 2.24) is 9.62 Å². The Kier molecular flexibility index (Phi) is 6.69. The fraction of sp³-hybridized carbons (Fsp3) is 0.222. The van der Waals surface area contributed by atoms with E-state index >= 15 is 0 Å². The SMILES string of the molecule is CC(=O)[C@@H](CN1C(=O)c2ccccc2C1=O)[C@H](NS(=O)(=O)c1ccc(C)cc1)c1ccc(C)cc1. The second-order valence-electron chi connectivity index (χ2n) is 8.81. The molecule has 1 aliphatic rings. The highest BCUT2D eigenvalue weighted by atomic mass is 32.2. The number of Topliss-reactive ketones (excluding diaryl/α,β-unsaturated/α-hetero) is 1. The summed E-state index contributed by atoms with van der Waals surface area (Å²) < 4.78 is 29.3. The van der Waals surface area contributed by atoms with Crippen molar-refractivity contribution in [3.8, 4) is 0 Å². The average molecular weight is 491 g/mol. The lowest BCUT2D eigenvalue weighted by Crippen LogP contribution is -2.44. The first-order valence-corrected chi connectivity index (χ1v) is 12.7. The highest BCUT2D eigenvalue weighted by molar-refractivity contribution is 7.89. The smallest absolute Gasteiger partial charge is 0.261 e. The zero-order valence-electron chi connectivity index (χ0n) is 19.7. The first kappa shape index (κ1) is 24.5. The number of hydrogen-bond donors (Lipinski definition) is 1. The Balaban J connectivity index is 1.72. The Morgan fingerprint density at radius 1 is 0.829 bits per heavy atom. The van der Waals surface area contributed by atoms with Crippen molar-refractivity contribution in [2.75, 3.05) is 6.54 Å². The summed E-state index contributed by atoms with van der Waals surface area (Å²) in [4.78, 5) is 39.9. The third-order valence-electron chi connectivity index (χ3n) is 6.23. The summed E-state index contributed by atoms with van der Waals surface area (Å²) in [6.45, 7) is 4.84. The third kappa shape index (κ3) is 4.94. The number of nitrogens with zero attached hydrogens (tertiary/aromatic N) is 1. The van der Waals surface area contributed by atoms with E-state index in [-0.39, 0.29) is 28.4 Å². The number of nitrogens with one attached hydrogen (secondary N) is 1. The van der Waals surface area contributed by atoms with E-state index in [9.17, 15) is 22.8 Å². The molecule has 0 fully saturated rings. The number of aryl methyl sites for hydroxylation is 2. The predicted molar refractivity (Wildman–Crippen MR) is 131 cm³/mol. The molecule has 1 heterocycles. The molecule has 2 atom stereocenters. The molecule has 1 aliphatic heterocycles. The van der Waals surface area contributed by atoms with Gasteiger partial charge in [0.15, 0.2) is 0 Å². The molecule has 0 saturated heterocycles. The Hall–Kier alpha value is -3.62. The summed E-state index contributed by atoms with van der Waals surface area (Å²) in [5.74, 6) is -2.35. The third-order valence-corrected chi connectivity index (χ3v) is 7.69. The summed E-state index contributed by atoms with van der Waals surface area (Å²) in [7, 11) is -4.02. The molecule has 0 aliphatic carbocycles. The first-order valence-electron chi connectivity index (χ1n) is 11.2. The van der Waals surface area contributed by atoms with Gasteiger partial charge in [0.25, 0.3) is 11.8 Å². The highest BCUT2D eigenvalue weighted by Gasteiger charge is 2.40. The van der Waals surface area contributed by atoms with Crippen molar-refractivity contribution in [3.05, 3.63) is 101 Å². The van der Waals surface area contributed by atoms with Gasteiger partial charge in [-0.15, -0.1) is 0 Å². The van der Waals surface area contributed by atoms with Gasteiger partial charge in [0.2, 0.25) is 10.0 Å². The van der Waals surface area contributed by atoms with Gasteiger partial charge in [-0.05, 0) is 50.6 Å². The number of sulfonamides is 1. The number of amides is 2. The molecule has 0 radical (unpaired) electrons. The van der Waals surface area contributed by atoms with Crippen LogP contribution in [-0.4, -0.2) is 37.5 Å². The monoisotopic (exact) mass is 490 g/mol. The quantitative estimate of drug-likeness (QED) is 0.484. The number of imide groups is 1. The van der Waals surface area contributed by atoms with Crippen molar-refractivity contribution in [3.63, 3.8) is 0 Å². The molecule has 0 bridgehead atoms. The molecule has 4 rings (SSSR count). The van der Waals surface area contributed by atoms with Crippen LogP contribution >= 0.6 is 0 Å². The number of carbonyl (C=O) groups is 3. The van der Waals surface area contributed by atoms with Crippen LogP contribution in [0.1, 0.15) is 50.4 Å². The van der Waals surface area contributed by atoms with Crippen LogP contribution in [0, 0.1) is 19.8 Å². The van der Waals surface area contributed by atoms with Crippen LogP contribution in [0.15, 0.2) is 77.7 Å². The normalized spacial score (nSPS) is 15.1. The van der Waals surface area contributed by atoms with Gasteiger partial charge < -0.3 is 0 Å². The highest BCUT2D eigenvalue weighted by Crippen LogP contribution is 2.30. The Bertz CT molecular complexity index is 1360. The second kappa shape index (κ2) is 9.56. The number of benzene rings is 3. The van der Waals surface area contributed by atoms with Gasteiger partial charge in [-0.25, -0.2) is 13.1 Å². The summed E-state index contributed by atoms with van der Waals surface area (Å²) >= 11 is 0. The van der Waals surface area contributed by atoms with Gasteiger partial charge in [0.05, 0.1) is 28.0 Å². The fourth-order valence-corrected chi connectivity index (χ4v) is 5.44. The molecular formula is C27H26N2O5S. The summed E-state index contributed by atoms with van der Waals surface area (Å²) in [5, 5.41) is 0. The molecule has 3 aromatic rings. The van der Waals surface area contributed by atoms with Gasteiger partial charge in [-0.2, -0.15) is 0 Å². The van der Waals surface area contributed by atoms with Gasteiger partial charge >= 0.3 is 0 Å². The van der Waals surface area contributed by atoms with Crippen molar-refractivity contribution < 1.29 is 22.8 Å². The molecule has 7 nitrogen and oxygen atoms in total. The maximum Gasteiger partial charge on any atom is 0.261 e. The molecule has 3 aromatic carbocycles. The molecule has 35 heavy (non-hydrogen) atoms. The predicted octanol–water partition coefficient (Wildman–Crippen LogP) is 3.82. The standard InChI is InChI=1S/C27H26N2O5S/c1-17-8-12-20(13-9-17)25(28-35(33,34)21-14-10-18(2)11-15-21)24(19(3)30)16-29-26(31)22-6-4-5-7-23(22)27(29)32/h4-15,24-25,28H,16H2,1-3H3/t24-,25-/m1/s1. The molecule has 2 amide bonds. The van der Waals surface area contributed by atoms with Gasteiger partial charge in [0.1, 0.15) is 5.78 Å². The van der Waals surface area contributed by atoms with Crippen LogP contribution < -0.4 is 4.72 Å². The zero-order valence-corrected chi connectivity index (χ0v) is 20.5. The lowest BCUT2D eigenvalue weighted by Gasteiger charge is -2.29. The van der Waals surface area contributed by atoms with E-state index in [0.29, 0.717) is 5.56 Å². The Morgan fingerprint density at radius 3 is 1.80 bits per heavy atom. The minimum absolute atomic E-state index is 0.0586. The number of carbonyl (C=O) groups excluding carboxylic acids is 3. The molecule has 1 N–H and O–H groups in total. The van der Waals surface area contributed by atoms with Crippen LogP contribution in [0.25, 0.3) is 0 Å². The van der Waals surface area contributed by atoms with Gasteiger partial charge in [0, 0.05) is 6.54 Å². The van der Waals surface area contributed by atoms with Crippen LogP contribution in [-0.2, 0) is 14.8 Å². The molecule has 0 spiro atoms. The van der Waals surface area contributed by atoms with Gasteiger partial charge in [-0.3, -0.25) is 19.3 Å². The van der Waals surface area contributed by atoms with E-state index < -0.39 is 33.8 Å². The number of fused-ring (bicyclic) bond motifs is 1. The van der Waals surface area contributed by atoms with Crippen LogP contribution in [0.2, 0.25) is 0 Å². The minimum atomic E-state index is -4.02. The Labute approximate surface area is 204 Å². The molecule has 8 heteroatoms. The number of hydrogen-bond acceptors (Lipinski definition) is 5.